The van der Waals surface area contributed by atoms with E-state index in [9.17, 15) is 10.2 Å². The molecule has 2 nitrogen and oxygen atoms in total. The average Bonchev–Trinajstić information content (AvgIpc) is 2.49. The summed E-state index contributed by atoms with van der Waals surface area (Å²) in [6, 6.07) is 8.20. The van der Waals surface area contributed by atoms with Gasteiger partial charge in [-0.1, -0.05) is 53.7 Å². The summed E-state index contributed by atoms with van der Waals surface area (Å²) in [5.41, 5.74) is 4.18. The standard InChI is InChI=1S/C22H30O2S2/c1-13-9-15(21(3,4)5)11-17(19(13)23)25-26-18-12-16(22(6,7)8)10-14(2)20(18)24/h9-12,23-24H,1-8H3. The molecule has 0 saturated heterocycles. The number of hydrogen-bond donors (Lipinski definition) is 2. The van der Waals surface area contributed by atoms with Crippen molar-refractivity contribution in [2.75, 3.05) is 0 Å². The molecule has 0 aliphatic rings. The van der Waals surface area contributed by atoms with Gasteiger partial charge in [-0.2, -0.15) is 0 Å². The van der Waals surface area contributed by atoms with Crippen LogP contribution in [0.3, 0.4) is 0 Å². The summed E-state index contributed by atoms with van der Waals surface area (Å²) in [6.07, 6.45) is 0. The molecule has 0 bridgehead atoms. The van der Waals surface area contributed by atoms with E-state index in [1.807, 2.05) is 26.0 Å². The van der Waals surface area contributed by atoms with Gasteiger partial charge in [-0.05, 0) is 80.7 Å². The lowest BCUT2D eigenvalue weighted by Crippen LogP contribution is -2.11. The summed E-state index contributed by atoms with van der Waals surface area (Å²) in [6.45, 7) is 16.9. The number of aromatic hydroxyl groups is 2. The van der Waals surface area contributed by atoms with Gasteiger partial charge in [-0.25, -0.2) is 0 Å². The van der Waals surface area contributed by atoms with Gasteiger partial charge in [0.25, 0.3) is 0 Å². The van der Waals surface area contributed by atoms with Crippen molar-refractivity contribution in [3.63, 3.8) is 0 Å². The highest BCUT2D eigenvalue weighted by Gasteiger charge is 2.20. The van der Waals surface area contributed by atoms with Crippen LogP contribution >= 0.6 is 21.6 Å². The van der Waals surface area contributed by atoms with E-state index in [1.54, 1.807) is 0 Å². The van der Waals surface area contributed by atoms with Crippen LogP contribution in [0.1, 0.15) is 63.8 Å². The van der Waals surface area contributed by atoms with Crippen LogP contribution in [0, 0.1) is 13.8 Å². The third-order valence-corrected chi connectivity index (χ3v) is 6.88. The second-order valence-corrected chi connectivity index (χ2v) is 11.2. The lowest BCUT2D eigenvalue weighted by Gasteiger charge is -2.22. The predicted octanol–water partition coefficient (Wildman–Crippen LogP) is 7.11. The molecule has 0 atom stereocenters. The van der Waals surface area contributed by atoms with Crippen molar-refractivity contribution in [1.82, 2.24) is 0 Å². The Morgan fingerprint density at radius 3 is 1.19 bits per heavy atom. The minimum atomic E-state index is 0.0172. The highest BCUT2D eigenvalue weighted by atomic mass is 33.1. The van der Waals surface area contributed by atoms with Gasteiger partial charge in [-0.3, -0.25) is 0 Å². The van der Waals surface area contributed by atoms with E-state index in [4.69, 9.17) is 0 Å². The van der Waals surface area contributed by atoms with Crippen molar-refractivity contribution in [3.8, 4) is 11.5 Å². The Balaban J connectivity index is 2.38. The monoisotopic (exact) mass is 390 g/mol. The van der Waals surface area contributed by atoms with Crippen molar-refractivity contribution in [2.45, 2.75) is 76.0 Å². The summed E-state index contributed by atoms with van der Waals surface area (Å²) in [7, 11) is 2.99. The molecular formula is C22H30O2S2. The molecule has 0 aliphatic heterocycles. The minimum Gasteiger partial charge on any atom is -0.506 e. The summed E-state index contributed by atoms with van der Waals surface area (Å²) in [5.74, 6) is 0.636. The quantitative estimate of drug-likeness (QED) is 0.548. The molecule has 142 valence electrons. The van der Waals surface area contributed by atoms with E-state index in [2.05, 4.69) is 53.7 Å². The van der Waals surface area contributed by atoms with Gasteiger partial charge in [0.1, 0.15) is 11.5 Å². The molecule has 2 aromatic carbocycles. The molecule has 0 heterocycles. The smallest absolute Gasteiger partial charge is 0.132 e. The second-order valence-electron chi connectivity index (χ2n) is 8.95. The zero-order chi connectivity index (χ0) is 19.9. The highest BCUT2D eigenvalue weighted by Crippen LogP contribution is 2.48. The van der Waals surface area contributed by atoms with Crippen molar-refractivity contribution < 1.29 is 10.2 Å². The topological polar surface area (TPSA) is 40.5 Å². The molecule has 26 heavy (non-hydrogen) atoms. The van der Waals surface area contributed by atoms with Crippen LogP contribution in [0.2, 0.25) is 0 Å². The third-order valence-electron chi connectivity index (χ3n) is 4.48. The number of phenols is 2. The zero-order valence-electron chi connectivity index (χ0n) is 17.0. The minimum absolute atomic E-state index is 0.0172. The average molecular weight is 391 g/mol. The first-order valence-corrected chi connectivity index (χ1v) is 11.0. The maximum Gasteiger partial charge on any atom is 0.132 e. The number of benzene rings is 2. The maximum absolute atomic E-state index is 10.5. The molecule has 0 unspecified atom stereocenters. The Hall–Kier alpha value is -1.26. The number of phenolic OH excluding ortho intramolecular Hbond substituents is 2. The van der Waals surface area contributed by atoms with Crippen LogP contribution in [0.15, 0.2) is 34.1 Å². The SMILES string of the molecule is Cc1cc(C(C)(C)C)cc(SSc2cc(C(C)(C)C)cc(C)c2O)c1O. The highest BCUT2D eigenvalue weighted by molar-refractivity contribution is 8.76. The van der Waals surface area contributed by atoms with Gasteiger partial charge in [0, 0.05) is 0 Å². The van der Waals surface area contributed by atoms with Gasteiger partial charge in [0.05, 0.1) is 9.79 Å². The molecule has 0 radical (unpaired) electrons. The lowest BCUT2D eigenvalue weighted by atomic mass is 9.86. The van der Waals surface area contributed by atoms with Gasteiger partial charge in [0.2, 0.25) is 0 Å². The first-order chi connectivity index (χ1) is 11.8. The Kier molecular flexibility index (Phi) is 5.99. The second kappa shape index (κ2) is 7.40. The van der Waals surface area contributed by atoms with E-state index in [0.29, 0.717) is 11.5 Å². The van der Waals surface area contributed by atoms with Crippen LogP contribution in [0.5, 0.6) is 11.5 Å². The number of rotatable bonds is 3. The van der Waals surface area contributed by atoms with E-state index in [1.165, 1.54) is 32.7 Å². The third kappa shape index (κ3) is 4.72. The van der Waals surface area contributed by atoms with Crippen molar-refractivity contribution in [3.05, 3.63) is 46.5 Å². The molecule has 0 saturated carbocycles. The van der Waals surface area contributed by atoms with Crippen LogP contribution in [0.4, 0.5) is 0 Å². The van der Waals surface area contributed by atoms with Crippen molar-refractivity contribution in [1.29, 1.82) is 0 Å². The first-order valence-electron chi connectivity index (χ1n) is 8.83. The fraction of sp³-hybridized carbons (Fsp3) is 0.455. The largest absolute Gasteiger partial charge is 0.506 e. The molecule has 0 spiro atoms. The summed E-state index contributed by atoms with van der Waals surface area (Å²) in [5, 5.41) is 21.0. The van der Waals surface area contributed by atoms with Crippen LogP contribution in [-0.2, 0) is 10.8 Å². The zero-order valence-corrected chi connectivity index (χ0v) is 18.7. The van der Waals surface area contributed by atoms with Gasteiger partial charge in [0.15, 0.2) is 0 Å². The molecule has 4 heteroatoms. The van der Waals surface area contributed by atoms with Crippen molar-refractivity contribution in [2.24, 2.45) is 0 Å². The van der Waals surface area contributed by atoms with E-state index < -0.39 is 0 Å². The van der Waals surface area contributed by atoms with Crippen molar-refractivity contribution >= 4 is 21.6 Å². The van der Waals surface area contributed by atoms with Gasteiger partial charge in [-0.15, -0.1) is 0 Å². The van der Waals surface area contributed by atoms with E-state index >= 15 is 0 Å². The lowest BCUT2D eigenvalue weighted by molar-refractivity contribution is 0.455. The number of hydrogen-bond acceptors (Lipinski definition) is 4. The predicted molar refractivity (Wildman–Crippen MR) is 115 cm³/mol. The van der Waals surface area contributed by atoms with Gasteiger partial charge < -0.3 is 10.2 Å². The van der Waals surface area contributed by atoms with Crippen LogP contribution in [0.25, 0.3) is 0 Å². The summed E-state index contributed by atoms with van der Waals surface area (Å²) < 4.78 is 0. The number of aryl methyl sites for hydroxylation is 2. The molecule has 0 fully saturated rings. The Morgan fingerprint density at radius 2 is 0.923 bits per heavy atom. The molecular weight excluding hydrogens is 360 g/mol. The molecule has 0 amide bonds. The van der Waals surface area contributed by atoms with Gasteiger partial charge >= 0.3 is 0 Å². The fourth-order valence-electron chi connectivity index (χ4n) is 2.58. The molecule has 2 aromatic rings. The fourth-order valence-corrected chi connectivity index (χ4v) is 4.89. The van der Waals surface area contributed by atoms with Crippen LogP contribution in [-0.4, -0.2) is 10.2 Å². The van der Waals surface area contributed by atoms with E-state index in [0.717, 1.165) is 20.9 Å². The normalized spacial score (nSPS) is 12.5. The molecule has 2 N–H and O–H groups in total. The Bertz CT molecular complexity index is 743. The summed E-state index contributed by atoms with van der Waals surface area (Å²) in [4.78, 5) is 1.66. The maximum atomic E-state index is 10.5. The Labute approximate surface area is 165 Å². The first kappa shape index (κ1) is 21.0. The molecule has 2 rings (SSSR count). The van der Waals surface area contributed by atoms with E-state index in [-0.39, 0.29) is 10.8 Å². The van der Waals surface area contributed by atoms with Crippen LogP contribution < -0.4 is 0 Å². The Morgan fingerprint density at radius 1 is 0.615 bits per heavy atom. The summed E-state index contributed by atoms with van der Waals surface area (Å²) >= 11 is 0. The molecule has 0 aliphatic carbocycles. The molecule has 0 aromatic heterocycles.